The summed E-state index contributed by atoms with van der Waals surface area (Å²) in [6.45, 7) is 18.8. The van der Waals surface area contributed by atoms with E-state index in [4.69, 9.17) is 0 Å². The molecule has 0 spiro atoms. The third-order valence-electron chi connectivity index (χ3n) is 13.5. The zero-order valence-corrected chi connectivity index (χ0v) is 29.2. The van der Waals surface area contributed by atoms with Crippen LogP contribution in [0.15, 0.2) is 12.2 Å². The van der Waals surface area contributed by atoms with Crippen molar-refractivity contribution in [3.05, 3.63) is 12.2 Å². The summed E-state index contributed by atoms with van der Waals surface area (Å²) in [6.07, 6.45) is 10.5. The molecule has 0 aromatic carbocycles. The quantitative estimate of drug-likeness (QED) is 0.300. The van der Waals surface area contributed by atoms with Gasteiger partial charge in [-0.1, -0.05) is 46.8 Å². The second-order valence-corrected chi connectivity index (χ2v) is 14.5. The molecule has 10 atom stereocenters. The molecule has 4 heteroatoms. The molecule has 0 saturated heterocycles. The van der Waals surface area contributed by atoms with E-state index in [1.165, 1.54) is 31.3 Å². The van der Waals surface area contributed by atoms with Gasteiger partial charge in [0.25, 0.3) is 0 Å². The SMILES string of the molecule is C=C(C)C1CCC2(C(=O)O)CCC3(C)C(CCC4[C@@]5(C)CCC(O)C(C)(C)C5CC[C@]43C)C12.[Rf]. The first kappa shape index (κ1) is 25.3. The molecule has 5 aliphatic rings. The maximum atomic E-state index is 12.8. The van der Waals surface area contributed by atoms with E-state index in [9.17, 15) is 15.0 Å². The Labute approximate surface area is 201 Å². The van der Waals surface area contributed by atoms with Gasteiger partial charge in [-0.2, -0.15) is 0 Å². The van der Waals surface area contributed by atoms with Crippen LogP contribution in [0.25, 0.3) is 0 Å². The first-order chi connectivity index (χ1) is 15.3. The Morgan fingerprint density at radius 2 is 1.50 bits per heavy atom. The molecule has 0 aromatic heterocycles. The van der Waals surface area contributed by atoms with E-state index in [2.05, 4.69) is 48.1 Å². The molecule has 0 amide bonds. The molecule has 0 aliphatic heterocycles. The normalized spacial score (nSPS) is 53.4. The standard InChI is InChI=1S/C30H48O3.Rf/c1-18(2)19-10-15-30(25(32)33)17-16-28(6)20(24(19)30)8-9-22-27(5)13-12-23(31)26(3,4)21(27)11-14-29(22,28)7;/h19-24,31H,1,8-17H2,2-7H3,(H,32,33);/t19?,20?,21?,22?,23?,24?,27-,28?,29+,30?;/m0./s1. The molecule has 8 unspecified atom stereocenters. The molecule has 0 bridgehead atoms. The Balaban J connectivity index is 0.00000274. The van der Waals surface area contributed by atoms with Crippen LogP contribution in [0, 0.1) is 56.7 Å². The van der Waals surface area contributed by atoms with Gasteiger partial charge in [-0.25, -0.2) is 0 Å². The van der Waals surface area contributed by atoms with E-state index < -0.39 is 11.4 Å². The number of aliphatic hydroxyl groups is 1. The fraction of sp³-hybridized carbons (Fsp3) is 0.900. The van der Waals surface area contributed by atoms with Crippen molar-refractivity contribution in [3.63, 3.8) is 0 Å². The number of aliphatic hydroxyl groups excluding tert-OH is 1. The minimum Gasteiger partial charge on any atom is -0.481 e. The van der Waals surface area contributed by atoms with Crippen LogP contribution in [0.1, 0.15) is 106 Å². The van der Waals surface area contributed by atoms with Crippen molar-refractivity contribution in [1.29, 1.82) is 0 Å². The summed E-state index contributed by atoms with van der Waals surface area (Å²) < 4.78 is 0. The van der Waals surface area contributed by atoms with Gasteiger partial charge < -0.3 is 10.2 Å². The van der Waals surface area contributed by atoms with Crippen molar-refractivity contribution in [2.45, 2.75) is 112 Å². The molecular weight excluding hydrogens is 675 g/mol. The summed E-state index contributed by atoms with van der Waals surface area (Å²) in [5, 5.41) is 21.4. The molecule has 3 nitrogen and oxygen atoms in total. The van der Waals surface area contributed by atoms with Gasteiger partial charge in [-0.3, -0.25) is 4.79 Å². The van der Waals surface area contributed by atoms with E-state index in [1.54, 1.807) is 0 Å². The molecular formula is C30H48O3Rf. The second kappa shape index (κ2) is 7.34. The zero-order valence-electron chi connectivity index (χ0n) is 22.8. The number of carboxylic acids is 1. The first-order valence-electron chi connectivity index (χ1n) is 13.8. The fourth-order valence-corrected chi connectivity index (χ4v) is 11.5. The topological polar surface area (TPSA) is 57.5 Å². The average Bonchev–Trinajstić information content (AvgIpc) is 3.13. The van der Waals surface area contributed by atoms with Gasteiger partial charge >= 0.3 is 5.97 Å². The van der Waals surface area contributed by atoms with Gasteiger partial charge in [0.2, 0.25) is 0 Å². The fourth-order valence-electron chi connectivity index (χ4n) is 11.5. The third-order valence-corrected chi connectivity index (χ3v) is 13.5. The van der Waals surface area contributed by atoms with Crippen LogP contribution in [-0.4, -0.2) is 22.3 Å². The molecule has 0 aromatic rings. The molecule has 34 heavy (non-hydrogen) atoms. The van der Waals surface area contributed by atoms with Gasteiger partial charge in [0.1, 0.15) is 0 Å². The zero-order chi connectivity index (χ0) is 24.2. The van der Waals surface area contributed by atoms with Crippen molar-refractivity contribution in [1.82, 2.24) is 0 Å². The molecule has 5 aliphatic carbocycles. The average molecular weight is 724 g/mol. The van der Waals surface area contributed by atoms with Crippen LogP contribution in [0.4, 0.5) is 0 Å². The number of hydrogen-bond acceptors (Lipinski definition) is 2. The molecule has 0 radical (unpaired) electrons. The summed E-state index contributed by atoms with van der Waals surface area (Å²) in [7, 11) is 0. The van der Waals surface area contributed by atoms with Crippen molar-refractivity contribution in [3.8, 4) is 0 Å². The van der Waals surface area contributed by atoms with Crippen LogP contribution in [-0.2, 0) is 4.79 Å². The molecule has 188 valence electrons. The maximum absolute atomic E-state index is 12.8. The van der Waals surface area contributed by atoms with Crippen molar-refractivity contribution in [2.75, 3.05) is 0 Å². The van der Waals surface area contributed by atoms with E-state index in [1.807, 2.05) is 0 Å². The van der Waals surface area contributed by atoms with E-state index >= 15 is 0 Å². The number of hydrogen-bond donors (Lipinski definition) is 2. The molecule has 2 N–H and O–H groups in total. The van der Waals surface area contributed by atoms with Crippen LogP contribution in [0.5, 0.6) is 0 Å². The van der Waals surface area contributed by atoms with Gasteiger partial charge in [-0.15, -0.1) is 0 Å². The molecule has 0 heterocycles. The predicted octanol–water partition coefficient (Wildman–Crippen LogP) is 7.09. The Kier molecular flexibility index (Phi) is 5.46. The minimum atomic E-state index is -0.538. The van der Waals surface area contributed by atoms with E-state index in [0.717, 1.165) is 38.5 Å². The van der Waals surface area contributed by atoms with Gasteiger partial charge in [0.15, 0.2) is 0 Å². The Morgan fingerprint density at radius 1 is 0.824 bits per heavy atom. The smallest absolute Gasteiger partial charge is 0.309 e. The largest absolute Gasteiger partial charge is 0.481 e. The van der Waals surface area contributed by atoms with Crippen molar-refractivity contribution in [2.24, 2.45) is 56.7 Å². The van der Waals surface area contributed by atoms with Gasteiger partial charge in [0, 0.05) is 0 Å². The van der Waals surface area contributed by atoms with Gasteiger partial charge in [-0.05, 0) is 122 Å². The van der Waals surface area contributed by atoms with Crippen LogP contribution < -0.4 is 0 Å². The number of carbonyl (C=O) groups is 1. The van der Waals surface area contributed by atoms with Crippen molar-refractivity contribution >= 4 is 5.97 Å². The minimum absolute atomic E-state index is 0. The van der Waals surface area contributed by atoms with Gasteiger partial charge in [0.05, 0.1) is 11.5 Å². The first-order valence-corrected chi connectivity index (χ1v) is 13.8. The molecule has 5 saturated carbocycles. The number of aliphatic carboxylic acids is 1. The maximum Gasteiger partial charge on any atom is 0.309 e. The van der Waals surface area contributed by atoms with Crippen molar-refractivity contribution < 1.29 is 15.0 Å². The monoisotopic (exact) mass is 723 g/mol. The predicted molar refractivity (Wildman–Crippen MR) is 133 cm³/mol. The summed E-state index contributed by atoms with van der Waals surface area (Å²) in [5.41, 5.74) is 1.35. The van der Waals surface area contributed by atoms with Crippen LogP contribution >= 0.6 is 0 Å². The van der Waals surface area contributed by atoms with E-state index in [0.29, 0.717) is 23.7 Å². The Hall–Kier alpha value is -1.83. The number of allylic oxidation sites excluding steroid dienone is 1. The Morgan fingerprint density at radius 3 is 2.12 bits per heavy atom. The second-order valence-electron chi connectivity index (χ2n) is 14.5. The molecule has 5 rings (SSSR count). The summed E-state index contributed by atoms with van der Waals surface area (Å²) in [5.74, 6) is 1.79. The van der Waals surface area contributed by atoms with E-state index in [-0.39, 0.29) is 33.7 Å². The number of rotatable bonds is 2. The van der Waals surface area contributed by atoms with Crippen LogP contribution in [0.2, 0.25) is 0 Å². The summed E-state index contributed by atoms with van der Waals surface area (Å²) >= 11 is 0. The number of fused-ring (bicyclic) bond motifs is 7. The Bertz CT molecular complexity index is 867. The third kappa shape index (κ3) is 2.72. The van der Waals surface area contributed by atoms with Crippen LogP contribution in [0.3, 0.4) is 0 Å². The summed E-state index contributed by atoms with van der Waals surface area (Å²) in [4.78, 5) is 12.8. The number of carboxylic acid groups (broad SMARTS) is 1. The summed E-state index contributed by atoms with van der Waals surface area (Å²) in [6, 6.07) is 0. The molecule has 5 fully saturated rings.